The summed E-state index contributed by atoms with van der Waals surface area (Å²) >= 11 is 0. The van der Waals surface area contributed by atoms with E-state index in [1.54, 1.807) is 6.20 Å². The lowest BCUT2D eigenvalue weighted by atomic mass is 10.1. The second kappa shape index (κ2) is 9.04. The molecule has 6 rings (SSSR count). The number of nitrogens with zero attached hydrogens (tertiary/aromatic N) is 7. The van der Waals surface area contributed by atoms with Crippen LogP contribution in [0.15, 0.2) is 55.1 Å². The Balaban J connectivity index is 1.38. The Bertz CT molecular complexity index is 1560. The van der Waals surface area contributed by atoms with E-state index in [4.69, 9.17) is 9.97 Å². The van der Waals surface area contributed by atoms with Crippen molar-refractivity contribution in [3.05, 3.63) is 55.1 Å². The Kier molecular flexibility index (Phi) is 5.57. The summed E-state index contributed by atoms with van der Waals surface area (Å²) < 4.78 is 0. The fourth-order valence-corrected chi connectivity index (χ4v) is 4.45. The fraction of sp³-hybridized carbons (Fsp3) is 0.269. The van der Waals surface area contributed by atoms with Crippen molar-refractivity contribution in [3.8, 4) is 22.8 Å². The van der Waals surface area contributed by atoms with Gasteiger partial charge in [0.15, 0.2) is 17.3 Å². The smallest absolute Gasteiger partial charge is 0.161 e. The number of nitrogens with one attached hydrogen (secondary N) is 3. The zero-order valence-electron chi connectivity index (χ0n) is 20.4. The molecule has 6 heterocycles. The summed E-state index contributed by atoms with van der Waals surface area (Å²) in [7, 11) is 2.15. The standard InChI is InChI=1S/C26H28N10/c1-4-16(2)29-18-13-17(14-27-15-18)19-5-6-21-22(30-19)24(34-33-21)25-31-20-7-8-28-26(23(20)32-25)36-11-9-35(3)10-12-36/h5-8,13-15,29H,2,4,9-12H2,1,3H3,(H,31,32)(H,33,34). The fourth-order valence-electron chi connectivity index (χ4n) is 4.45. The molecule has 0 atom stereocenters. The van der Waals surface area contributed by atoms with E-state index in [2.05, 4.69) is 60.8 Å². The Morgan fingerprint density at radius 1 is 1.06 bits per heavy atom. The van der Waals surface area contributed by atoms with Crippen LogP contribution in [0, 0.1) is 0 Å². The van der Waals surface area contributed by atoms with Gasteiger partial charge in [0.05, 0.1) is 28.6 Å². The number of piperazine rings is 1. The first kappa shape index (κ1) is 22.2. The molecular weight excluding hydrogens is 452 g/mol. The van der Waals surface area contributed by atoms with Gasteiger partial charge in [-0.1, -0.05) is 13.5 Å². The molecule has 1 aliphatic rings. The van der Waals surface area contributed by atoms with Gasteiger partial charge in [0.25, 0.3) is 0 Å². The highest BCUT2D eigenvalue weighted by Gasteiger charge is 2.21. The lowest BCUT2D eigenvalue weighted by Gasteiger charge is -2.33. The van der Waals surface area contributed by atoms with Crippen LogP contribution in [0.3, 0.4) is 0 Å². The van der Waals surface area contributed by atoms with Crippen LogP contribution < -0.4 is 10.2 Å². The Morgan fingerprint density at radius 2 is 1.92 bits per heavy atom. The van der Waals surface area contributed by atoms with Gasteiger partial charge in [-0.2, -0.15) is 5.10 Å². The Morgan fingerprint density at radius 3 is 2.75 bits per heavy atom. The van der Waals surface area contributed by atoms with Crippen molar-refractivity contribution < 1.29 is 0 Å². The molecule has 1 fully saturated rings. The number of hydrogen-bond donors (Lipinski definition) is 3. The molecule has 0 aromatic carbocycles. The molecule has 182 valence electrons. The summed E-state index contributed by atoms with van der Waals surface area (Å²) in [6.45, 7) is 9.94. The van der Waals surface area contributed by atoms with Gasteiger partial charge in [-0.15, -0.1) is 0 Å². The molecule has 0 aliphatic carbocycles. The van der Waals surface area contributed by atoms with Gasteiger partial charge >= 0.3 is 0 Å². The number of anilines is 2. The number of aromatic amines is 2. The molecule has 5 aromatic rings. The number of pyridine rings is 3. The van der Waals surface area contributed by atoms with Crippen LogP contribution in [-0.4, -0.2) is 73.2 Å². The van der Waals surface area contributed by atoms with E-state index in [0.29, 0.717) is 11.5 Å². The van der Waals surface area contributed by atoms with Gasteiger partial charge in [-0.05, 0) is 37.7 Å². The van der Waals surface area contributed by atoms with Crippen LogP contribution >= 0.6 is 0 Å². The van der Waals surface area contributed by atoms with Gasteiger partial charge in [-0.25, -0.2) is 15.0 Å². The van der Waals surface area contributed by atoms with Crippen molar-refractivity contribution in [2.45, 2.75) is 13.3 Å². The van der Waals surface area contributed by atoms with Crippen LogP contribution in [0.25, 0.3) is 44.8 Å². The topological polar surface area (TPSA) is 115 Å². The zero-order valence-corrected chi connectivity index (χ0v) is 20.4. The first-order valence-electron chi connectivity index (χ1n) is 12.1. The summed E-state index contributed by atoms with van der Waals surface area (Å²) in [5, 5.41) is 10.9. The Labute approximate surface area is 208 Å². The highest BCUT2D eigenvalue weighted by atomic mass is 15.3. The molecule has 1 aliphatic heterocycles. The Hall–Kier alpha value is -4.31. The molecular formula is C26H28N10. The molecule has 5 aromatic heterocycles. The molecule has 0 amide bonds. The summed E-state index contributed by atoms with van der Waals surface area (Å²) in [4.78, 5) is 27.0. The minimum absolute atomic E-state index is 0.664. The number of imidazole rings is 1. The van der Waals surface area contributed by atoms with Crippen LogP contribution in [0.5, 0.6) is 0 Å². The van der Waals surface area contributed by atoms with E-state index in [1.807, 2.05) is 36.7 Å². The third-order valence-corrected chi connectivity index (χ3v) is 6.60. The van der Waals surface area contributed by atoms with E-state index >= 15 is 0 Å². The predicted molar refractivity (Wildman–Crippen MR) is 143 cm³/mol. The zero-order chi connectivity index (χ0) is 24.6. The minimum Gasteiger partial charge on any atom is -0.358 e. The molecule has 0 bridgehead atoms. The highest BCUT2D eigenvalue weighted by Crippen LogP contribution is 2.30. The molecule has 10 heteroatoms. The molecule has 0 saturated carbocycles. The van der Waals surface area contributed by atoms with Gasteiger partial charge in [0.1, 0.15) is 11.0 Å². The second-order valence-electron chi connectivity index (χ2n) is 9.12. The average molecular weight is 481 g/mol. The number of hydrogen-bond acceptors (Lipinski definition) is 8. The monoisotopic (exact) mass is 480 g/mol. The quantitative estimate of drug-likeness (QED) is 0.334. The van der Waals surface area contributed by atoms with Crippen molar-refractivity contribution in [2.75, 3.05) is 43.4 Å². The van der Waals surface area contributed by atoms with Crippen molar-refractivity contribution in [1.82, 2.24) is 40.0 Å². The van der Waals surface area contributed by atoms with Crippen LogP contribution in [0.4, 0.5) is 11.5 Å². The minimum atomic E-state index is 0.664. The third kappa shape index (κ3) is 4.05. The number of rotatable bonds is 6. The summed E-state index contributed by atoms with van der Waals surface area (Å²) in [6.07, 6.45) is 6.27. The third-order valence-electron chi connectivity index (χ3n) is 6.60. The van der Waals surface area contributed by atoms with E-state index in [-0.39, 0.29) is 0 Å². The van der Waals surface area contributed by atoms with E-state index < -0.39 is 0 Å². The summed E-state index contributed by atoms with van der Waals surface area (Å²) in [5.74, 6) is 1.57. The molecule has 0 spiro atoms. The number of likely N-dealkylation sites (N-methyl/N-ethyl adjacent to an activating group) is 1. The van der Waals surface area contributed by atoms with Gasteiger partial charge in [-0.3, -0.25) is 10.1 Å². The maximum Gasteiger partial charge on any atom is 0.161 e. The molecule has 0 radical (unpaired) electrons. The van der Waals surface area contributed by atoms with Crippen molar-refractivity contribution >= 4 is 33.6 Å². The summed E-state index contributed by atoms with van der Waals surface area (Å²) in [5.41, 5.74) is 7.58. The largest absolute Gasteiger partial charge is 0.358 e. The number of fused-ring (bicyclic) bond motifs is 2. The van der Waals surface area contributed by atoms with Gasteiger partial charge in [0.2, 0.25) is 0 Å². The maximum absolute atomic E-state index is 4.94. The first-order chi connectivity index (χ1) is 17.6. The molecule has 36 heavy (non-hydrogen) atoms. The van der Waals surface area contributed by atoms with Crippen molar-refractivity contribution in [1.29, 1.82) is 0 Å². The van der Waals surface area contributed by atoms with E-state index in [0.717, 1.165) is 83.1 Å². The maximum atomic E-state index is 4.94. The predicted octanol–water partition coefficient (Wildman–Crippen LogP) is 4.05. The number of aromatic nitrogens is 7. The van der Waals surface area contributed by atoms with Crippen molar-refractivity contribution in [3.63, 3.8) is 0 Å². The molecule has 3 N–H and O–H groups in total. The lowest BCUT2D eigenvalue weighted by Crippen LogP contribution is -2.44. The summed E-state index contributed by atoms with van der Waals surface area (Å²) in [6, 6.07) is 7.93. The van der Waals surface area contributed by atoms with Gasteiger partial charge < -0.3 is 20.1 Å². The van der Waals surface area contributed by atoms with E-state index in [1.165, 1.54) is 0 Å². The van der Waals surface area contributed by atoms with Crippen LogP contribution in [-0.2, 0) is 0 Å². The lowest BCUT2D eigenvalue weighted by molar-refractivity contribution is 0.312. The van der Waals surface area contributed by atoms with Crippen LogP contribution in [0.2, 0.25) is 0 Å². The second-order valence-corrected chi connectivity index (χ2v) is 9.12. The average Bonchev–Trinajstić information content (AvgIpc) is 3.53. The normalized spacial score (nSPS) is 14.6. The van der Waals surface area contributed by atoms with Crippen LogP contribution in [0.1, 0.15) is 13.3 Å². The molecule has 0 unspecified atom stereocenters. The molecule has 1 saturated heterocycles. The highest BCUT2D eigenvalue weighted by molar-refractivity contribution is 5.94. The SMILES string of the molecule is C=C(CC)Nc1cncc(-c2ccc3[nH]nc(-c4nc5c(N6CCN(C)CC6)nccc5[nH]4)c3n2)c1. The van der Waals surface area contributed by atoms with Gasteiger partial charge in [0, 0.05) is 49.8 Å². The number of H-pyrrole nitrogens is 2. The number of allylic oxidation sites excluding steroid dienone is 1. The van der Waals surface area contributed by atoms with Crippen molar-refractivity contribution in [2.24, 2.45) is 0 Å². The molecule has 10 nitrogen and oxygen atoms in total. The van der Waals surface area contributed by atoms with E-state index in [9.17, 15) is 0 Å². The first-order valence-corrected chi connectivity index (χ1v) is 12.1.